The predicted molar refractivity (Wildman–Crippen MR) is 59.5 cm³/mol. The number of halogens is 1. The van der Waals surface area contributed by atoms with E-state index in [9.17, 15) is 9.50 Å². The van der Waals surface area contributed by atoms with Crippen LogP contribution in [0, 0.1) is 5.82 Å². The van der Waals surface area contributed by atoms with Crippen molar-refractivity contribution in [2.75, 3.05) is 12.4 Å². The quantitative estimate of drug-likeness (QED) is 0.602. The Morgan fingerprint density at radius 1 is 1.47 bits per heavy atom. The lowest BCUT2D eigenvalue weighted by Crippen LogP contribution is -1.96. The molecule has 0 saturated heterocycles. The Balaban J connectivity index is 2.77. The van der Waals surface area contributed by atoms with Crippen LogP contribution in [-0.2, 0) is 0 Å². The van der Waals surface area contributed by atoms with Crippen molar-refractivity contribution in [3.8, 4) is 0 Å². The van der Waals surface area contributed by atoms with E-state index >= 15 is 0 Å². The molecule has 0 saturated carbocycles. The van der Waals surface area contributed by atoms with Gasteiger partial charge in [-0.05, 0) is 37.1 Å². The lowest BCUT2D eigenvalue weighted by Gasteiger charge is -2.11. The lowest BCUT2D eigenvalue weighted by atomic mass is 10.1. The molecule has 0 amide bonds. The van der Waals surface area contributed by atoms with Gasteiger partial charge in [-0.15, -0.1) is 11.8 Å². The van der Waals surface area contributed by atoms with Crippen LogP contribution >= 0.6 is 11.8 Å². The summed E-state index contributed by atoms with van der Waals surface area (Å²) in [6, 6.07) is 4.40. The predicted octanol–water partition coefficient (Wildman–Crippen LogP) is 2.35. The average molecular weight is 230 g/mol. The van der Waals surface area contributed by atoms with Crippen LogP contribution in [0.3, 0.4) is 0 Å². The van der Waals surface area contributed by atoms with E-state index in [1.54, 1.807) is 13.0 Å². The van der Waals surface area contributed by atoms with Crippen molar-refractivity contribution < 1.29 is 14.6 Å². The minimum absolute atomic E-state index is 0.151. The van der Waals surface area contributed by atoms with Crippen LogP contribution in [-0.4, -0.2) is 22.6 Å². The summed E-state index contributed by atoms with van der Waals surface area (Å²) in [4.78, 5) is 0.875. The molecular formula is C11H15FO2S. The second-order valence-electron chi connectivity index (χ2n) is 3.28. The maximum absolute atomic E-state index is 12.9. The van der Waals surface area contributed by atoms with Crippen molar-refractivity contribution in [3.63, 3.8) is 0 Å². The Morgan fingerprint density at radius 2 is 2.20 bits per heavy atom. The molecule has 1 aromatic carbocycles. The minimum atomic E-state index is -0.669. The summed E-state index contributed by atoms with van der Waals surface area (Å²) in [5.74, 6) is 0.430. The highest BCUT2D eigenvalue weighted by atomic mass is 32.2. The standard InChI is InChI=1S/C11H15FO2S/c1-8(14)10-7-9(12)3-4-11(10)15-6-2-5-13/h3-4,7-8,13-14H,2,5-6H2,1H3/t8-/m1/s1. The smallest absolute Gasteiger partial charge is 0.123 e. The van der Waals surface area contributed by atoms with E-state index < -0.39 is 6.10 Å². The van der Waals surface area contributed by atoms with Gasteiger partial charge in [0.15, 0.2) is 0 Å². The largest absolute Gasteiger partial charge is 0.396 e. The van der Waals surface area contributed by atoms with Gasteiger partial charge < -0.3 is 10.2 Å². The molecule has 1 aromatic rings. The molecule has 0 fully saturated rings. The first-order chi connectivity index (χ1) is 7.15. The van der Waals surface area contributed by atoms with E-state index in [1.807, 2.05) is 0 Å². The van der Waals surface area contributed by atoms with Gasteiger partial charge in [-0.25, -0.2) is 4.39 Å². The number of hydrogen-bond acceptors (Lipinski definition) is 3. The topological polar surface area (TPSA) is 40.5 Å². The first-order valence-corrected chi connectivity index (χ1v) is 5.85. The summed E-state index contributed by atoms with van der Waals surface area (Å²) >= 11 is 1.52. The second kappa shape index (κ2) is 6.10. The molecule has 0 heterocycles. The summed E-state index contributed by atoms with van der Waals surface area (Å²) < 4.78 is 12.9. The normalized spacial score (nSPS) is 12.8. The molecule has 1 rings (SSSR count). The number of thioether (sulfide) groups is 1. The molecule has 0 bridgehead atoms. The Labute approximate surface area is 93.1 Å². The number of aliphatic hydroxyl groups is 2. The zero-order chi connectivity index (χ0) is 11.3. The van der Waals surface area contributed by atoms with Crippen LogP contribution in [0.5, 0.6) is 0 Å². The van der Waals surface area contributed by atoms with Gasteiger partial charge in [-0.1, -0.05) is 0 Å². The number of aliphatic hydroxyl groups excluding tert-OH is 2. The van der Waals surface area contributed by atoms with Crippen molar-refractivity contribution in [3.05, 3.63) is 29.6 Å². The molecule has 0 radical (unpaired) electrons. The van der Waals surface area contributed by atoms with E-state index in [-0.39, 0.29) is 12.4 Å². The van der Waals surface area contributed by atoms with Gasteiger partial charge >= 0.3 is 0 Å². The van der Waals surface area contributed by atoms with Gasteiger partial charge in [0.2, 0.25) is 0 Å². The third-order valence-electron chi connectivity index (χ3n) is 1.98. The average Bonchev–Trinajstić information content (AvgIpc) is 2.20. The Hall–Kier alpha value is -0.580. The van der Waals surface area contributed by atoms with Crippen LogP contribution in [0.1, 0.15) is 25.0 Å². The molecule has 4 heteroatoms. The van der Waals surface area contributed by atoms with Gasteiger partial charge in [0, 0.05) is 17.3 Å². The maximum Gasteiger partial charge on any atom is 0.123 e. The minimum Gasteiger partial charge on any atom is -0.396 e. The van der Waals surface area contributed by atoms with Crippen LogP contribution < -0.4 is 0 Å². The van der Waals surface area contributed by atoms with E-state index in [1.165, 1.54) is 23.9 Å². The van der Waals surface area contributed by atoms with Crippen LogP contribution in [0.4, 0.5) is 4.39 Å². The highest BCUT2D eigenvalue weighted by Gasteiger charge is 2.09. The highest BCUT2D eigenvalue weighted by Crippen LogP contribution is 2.28. The third-order valence-corrected chi connectivity index (χ3v) is 3.16. The fourth-order valence-electron chi connectivity index (χ4n) is 1.22. The summed E-state index contributed by atoms with van der Waals surface area (Å²) in [5, 5.41) is 18.1. The third kappa shape index (κ3) is 3.81. The number of rotatable bonds is 5. The van der Waals surface area contributed by atoms with Crippen LogP contribution in [0.15, 0.2) is 23.1 Å². The molecular weight excluding hydrogens is 215 g/mol. The van der Waals surface area contributed by atoms with E-state index in [4.69, 9.17) is 5.11 Å². The molecule has 15 heavy (non-hydrogen) atoms. The summed E-state index contributed by atoms with van der Waals surface area (Å²) in [5.41, 5.74) is 0.609. The van der Waals surface area contributed by atoms with E-state index in [2.05, 4.69) is 0 Å². The van der Waals surface area contributed by atoms with Crippen molar-refractivity contribution >= 4 is 11.8 Å². The van der Waals surface area contributed by atoms with Gasteiger partial charge in [0.25, 0.3) is 0 Å². The zero-order valence-corrected chi connectivity index (χ0v) is 9.43. The second-order valence-corrected chi connectivity index (χ2v) is 4.42. The van der Waals surface area contributed by atoms with Crippen molar-refractivity contribution in [1.29, 1.82) is 0 Å². The van der Waals surface area contributed by atoms with Gasteiger partial charge in [0.1, 0.15) is 5.82 Å². The fourth-order valence-corrected chi connectivity index (χ4v) is 2.28. The van der Waals surface area contributed by atoms with Crippen molar-refractivity contribution in [2.45, 2.75) is 24.3 Å². The SMILES string of the molecule is C[C@@H](O)c1cc(F)ccc1SCCCO. The Bertz CT molecular complexity index is 315. The number of hydrogen-bond donors (Lipinski definition) is 2. The molecule has 0 spiro atoms. The summed E-state index contributed by atoms with van der Waals surface area (Å²) in [7, 11) is 0. The molecule has 84 valence electrons. The van der Waals surface area contributed by atoms with Gasteiger partial charge in [0.05, 0.1) is 6.10 Å². The summed E-state index contributed by atoms with van der Waals surface area (Å²) in [6.07, 6.45) is 0.0266. The van der Waals surface area contributed by atoms with Crippen LogP contribution in [0.2, 0.25) is 0 Å². The molecule has 0 aliphatic heterocycles. The molecule has 0 aliphatic rings. The Kier molecular flexibility index (Phi) is 5.08. The van der Waals surface area contributed by atoms with Gasteiger partial charge in [-0.3, -0.25) is 0 Å². The fraction of sp³-hybridized carbons (Fsp3) is 0.455. The molecule has 2 nitrogen and oxygen atoms in total. The first kappa shape index (κ1) is 12.5. The summed E-state index contributed by atoms with van der Waals surface area (Å²) in [6.45, 7) is 1.77. The molecule has 1 atom stereocenters. The zero-order valence-electron chi connectivity index (χ0n) is 8.61. The number of benzene rings is 1. The molecule has 0 aromatic heterocycles. The monoisotopic (exact) mass is 230 g/mol. The first-order valence-electron chi connectivity index (χ1n) is 4.86. The van der Waals surface area contributed by atoms with Crippen LogP contribution in [0.25, 0.3) is 0 Å². The molecule has 0 unspecified atom stereocenters. The Morgan fingerprint density at radius 3 is 2.80 bits per heavy atom. The molecule has 0 aliphatic carbocycles. The van der Waals surface area contributed by atoms with E-state index in [0.717, 1.165) is 10.6 Å². The van der Waals surface area contributed by atoms with Crippen molar-refractivity contribution in [1.82, 2.24) is 0 Å². The van der Waals surface area contributed by atoms with Gasteiger partial charge in [-0.2, -0.15) is 0 Å². The van der Waals surface area contributed by atoms with E-state index in [0.29, 0.717) is 12.0 Å². The maximum atomic E-state index is 12.9. The van der Waals surface area contributed by atoms with Crippen molar-refractivity contribution in [2.24, 2.45) is 0 Å². The highest BCUT2D eigenvalue weighted by molar-refractivity contribution is 7.99. The lowest BCUT2D eigenvalue weighted by molar-refractivity contribution is 0.196. The molecule has 2 N–H and O–H groups in total.